The Kier molecular flexibility index (Phi) is 17.7. The van der Waals surface area contributed by atoms with Crippen LogP contribution in [-0.4, -0.2) is 26.8 Å². The fourth-order valence-electron chi connectivity index (χ4n) is 2.76. The van der Waals surface area contributed by atoms with E-state index in [2.05, 4.69) is 19.1 Å². The molecule has 0 aromatic rings. The number of hydrogen-bond acceptors (Lipinski definition) is 4. The molecule has 1 unspecified atom stereocenters. The van der Waals surface area contributed by atoms with E-state index in [-0.39, 0.29) is 13.2 Å². The number of allylic oxidation sites excluding steroid dienone is 2. The summed E-state index contributed by atoms with van der Waals surface area (Å²) in [5.74, 6) is 0. The summed E-state index contributed by atoms with van der Waals surface area (Å²) in [6.07, 6.45) is 22.0. The first-order valence-corrected chi connectivity index (χ1v) is 12.2. The lowest BCUT2D eigenvalue weighted by molar-refractivity contribution is 0.301. The zero-order valence-electron chi connectivity index (χ0n) is 17.3. The molecule has 0 aliphatic heterocycles. The molecule has 0 aliphatic rings. The first kappa shape index (κ1) is 25.6. The average molecular weight is 390 g/mol. The Labute approximate surface area is 163 Å². The molecule has 1 atom stereocenters. The van der Waals surface area contributed by atoms with Gasteiger partial charge in [0.1, 0.15) is 0 Å². The van der Waals surface area contributed by atoms with Crippen molar-refractivity contribution < 1.29 is 12.6 Å². The van der Waals surface area contributed by atoms with E-state index < -0.39 is 15.4 Å². The quantitative estimate of drug-likeness (QED) is 0.174. The summed E-state index contributed by atoms with van der Waals surface area (Å²) in [5, 5.41) is -0.614. The van der Waals surface area contributed by atoms with Gasteiger partial charge in [-0.25, -0.2) is 0 Å². The third-order valence-corrected chi connectivity index (χ3v) is 6.40. The monoisotopic (exact) mass is 389 g/mol. The van der Waals surface area contributed by atoms with Gasteiger partial charge in [-0.1, -0.05) is 76.9 Å². The second-order valence-corrected chi connectivity index (χ2v) is 9.32. The van der Waals surface area contributed by atoms with Crippen molar-refractivity contribution in [2.45, 2.75) is 109 Å². The molecule has 0 bridgehead atoms. The van der Waals surface area contributed by atoms with Gasteiger partial charge in [0.15, 0.2) is 0 Å². The number of unbranched alkanes of at least 4 members (excludes halogenated alkanes) is 12. The van der Waals surface area contributed by atoms with Gasteiger partial charge >= 0.3 is 0 Å². The lowest BCUT2D eigenvalue weighted by Gasteiger charge is -2.10. The maximum atomic E-state index is 11.6. The summed E-state index contributed by atoms with van der Waals surface area (Å²) in [4.78, 5) is 0. The van der Waals surface area contributed by atoms with Crippen molar-refractivity contribution in [1.29, 1.82) is 0 Å². The van der Waals surface area contributed by atoms with Crippen molar-refractivity contribution in [1.82, 2.24) is 0 Å². The van der Waals surface area contributed by atoms with Gasteiger partial charge in [-0.3, -0.25) is 4.18 Å². The Balaban J connectivity index is 3.30. The lowest BCUT2D eigenvalue weighted by atomic mass is 10.1. The fourth-order valence-corrected chi connectivity index (χ4v) is 3.58. The van der Waals surface area contributed by atoms with Crippen LogP contribution in [0.4, 0.5) is 0 Å². The van der Waals surface area contributed by atoms with E-state index in [0.29, 0.717) is 0 Å². The molecule has 0 amide bonds. The van der Waals surface area contributed by atoms with E-state index in [1.54, 1.807) is 6.92 Å². The minimum absolute atomic E-state index is 0.107. The van der Waals surface area contributed by atoms with Gasteiger partial charge in [-0.05, 0) is 39.0 Å². The summed E-state index contributed by atoms with van der Waals surface area (Å²) in [7, 11) is -3.46. The normalized spacial score (nSPS) is 13.5. The Morgan fingerprint density at radius 3 is 1.77 bits per heavy atom. The minimum Gasteiger partial charge on any atom is -0.329 e. The second-order valence-electron chi connectivity index (χ2n) is 7.30. The molecule has 0 rings (SSSR count). The summed E-state index contributed by atoms with van der Waals surface area (Å²) >= 11 is 0. The highest BCUT2D eigenvalue weighted by Gasteiger charge is 2.19. The van der Waals surface area contributed by atoms with Crippen LogP contribution in [0, 0.1) is 0 Å². The highest BCUT2D eigenvalue weighted by molar-refractivity contribution is 7.87. The zero-order chi connectivity index (χ0) is 19.5. The molecule has 0 saturated carbocycles. The number of nitrogens with two attached hydrogens (primary N) is 1. The zero-order valence-corrected chi connectivity index (χ0v) is 18.1. The van der Waals surface area contributed by atoms with Crippen molar-refractivity contribution in [3.63, 3.8) is 0 Å². The number of hydrogen-bond donors (Lipinski definition) is 1. The molecular weight excluding hydrogens is 346 g/mol. The molecule has 0 fully saturated rings. The summed E-state index contributed by atoms with van der Waals surface area (Å²) in [6, 6.07) is 0. The van der Waals surface area contributed by atoms with Crippen LogP contribution in [0.15, 0.2) is 12.2 Å². The maximum absolute atomic E-state index is 11.6. The lowest BCUT2D eigenvalue weighted by Crippen LogP contribution is -2.28. The molecule has 0 saturated heterocycles. The highest BCUT2D eigenvalue weighted by Crippen LogP contribution is 2.11. The third kappa shape index (κ3) is 15.8. The molecule has 2 N–H and O–H groups in total. The van der Waals surface area contributed by atoms with Gasteiger partial charge in [0.05, 0.1) is 11.9 Å². The van der Waals surface area contributed by atoms with Crippen molar-refractivity contribution >= 4 is 10.1 Å². The van der Waals surface area contributed by atoms with Crippen LogP contribution in [0.2, 0.25) is 0 Å². The second kappa shape index (κ2) is 18.0. The molecule has 156 valence electrons. The van der Waals surface area contributed by atoms with Gasteiger partial charge in [0, 0.05) is 6.54 Å². The first-order valence-electron chi connectivity index (χ1n) is 10.8. The summed E-state index contributed by atoms with van der Waals surface area (Å²) < 4.78 is 28.2. The van der Waals surface area contributed by atoms with E-state index >= 15 is 0 Å². The SMILES string of the molecule is CCCCCCCC/C=C\CCCCCCCCOS(=O)(=O)C(C)CN. The van der Waals surface area contributed by atoms with Gasteiger partial charge in [-0.2, -0.15) is 8.42 Å². The van der Waals surface area contributed by atoms with Crippen LogP contribution in [0.25, 0.3) is 0 Å². The van der Waals surface area contributed by atoms with E-state index in [1.165, 1.54) is 70.6 Å². The van der Waals surface area contributed by atoms with Gasteiger partial charge in [-0.15, -0.1) is 0 Å². The Hall–Kier alpha value is -0.390. The predicted octanol–water partition coefficient (Wildman–Crippen LogP) is 5.72. The van der Waals surface area contributed by atoms with Crippen LogP contribution < -0.4 is 5.73 Å². The standard InChI is InChI=1S/C21H43NO3S/c1-3-4-5-6-7-8-9-10-11-12-13-14-15-16-17-18-19-25-26(23,24)21(2)20-22/h10-11,21H,3-9,12-20,22H2,1-2H3/b11-10-. The summed E-state index contributed by atoms with van der Waals surface area (Å²) in [6.45, 7) is 4.23. The van der Waals surface area contributed by atoms with E-state index in [0.717, 1.165) is 19.3 Å². The summed E-state index contributed by atoms with van der Waals surface area (Å²) in [5.41, 5.74) is 5.36. The van der Waals surface area contributed by atoms with Crippen molar-refractivity contribution in [2.24, 2.45) is 5.73 Å². The van der Waals surface area contributed by atoms with Crippen LogP contribution in [0.1, 0.15) is 104 Å². The molecule has 0 radical (unpaired) electrons. The van der Waals surface area contributed by atoms with Gasteiger partial charge < -0.3 is 5.73 Å². The average Bonchev–Trinajstić information content (AvgIpc) is 2.63. The van der Waals surface area contributed by atoms with Crippen LogP contribution in [0.3, 0.4) is 0 Å². The van der Waals surface area contributed by atoms with Crippen LogP contribution in [-0.2, 0) is 14.3 Å². The molecule has 0 aromatic heterocycles. The molecule has 4 nitrogen and oxygen atoms in total. The van der Waals surface area contributed by atoms with E-state index in [1.807, 2.05) is 0 Å². The highest BCUT2D eigenvalue weighted by atomic mass is 32.2. The molecule has 26 heavy (non-hydrogen) atoms. The van der Waals surface area contributed by atoms with Crippen molar-refractivity contribution in [2.75, 3.05) is 13.2 Å². The molecule has 0 heterocycles. The molecule has 0 aliphatic carbocycles. The minimum atomic E-state index is -3.46. The number of rotatable bonds is 19. The fraction of sp³-hybridized carbons (Fsp3) is 0.905. The van der Waals surface area contributed by atoms with Crippen molar-refractivity contribution in [3.8, 4) is 0 Å². The molecule has 0 spiro atoms. The van der Waals surface area contributed by atoms with Gasteiger partial charge in [0.25, 0.3) is 10.1 Å². The largest absolute Gasteiger partial charge is 0.329 e. The molecule has 5 heteroatoms. The van der Waals surface area contributed by atoms with Crippen LogP contribution >= 0.6 is 0 Å². The van der Waals surface area contributed by atoms with E-state index in [4.69, 9.17) is 9.92 Å². The predicted molar refractivity (Wildman–Crippen MR) is 113 cm³/mol. The van der Waals surface area contributed by atoms with Gasteiger partial charge in [0.2, 0.25) is 0 Å². The van der Waals surface area contributed by atoms with Crippen molar-refractivity contribution in [3.05, 3.63) is 12.2 Å². The van der Waals surface area contributed by atoms with E-state index in [9.17, 15) is 8.42 Å². The Bertz CT molecular complexity index is 421. The maximum Gasteiger partial charge on any atom is 0.271 e. The topological polar surface area (TPSA) is 69.4 Å². The first-order chi connectivity index (χ1) is 12.5. The third-order valence-electron chi connectivity index (χ3n) is 4.73. The van der Waals surface area contributed by atoms with Crippen LogP contribution in [0.5, 0.6) is 0 Å². The Morgan fingerprint density at radius 2 is 1.27 bits per heavy atom. The molecular formula is C21H43NO3S. The Morgan fingerprint density at radius 1 is 0.808 bits per heavy atom. The molecule has 0 aromatic carbocycles. The smallest absolute Gasteiger partial charge is 0.271 e.